The smallest absolute Gasteiger partial charge is 0.0406 e. The standard InChI is InChI=1S/C9H14N2/c1-7-4-3-5-9(10)8(7)6-11-2/h4,6,10-11H,3,5H2,1-2H3/b8-6-,10-9?. The van der Waals surface area contributed by atoms with Gasteiger partial charge in [-0.15, -0.1) is 0 Å². The molecule has 0 fully saturated rings. The second kappa shape index (κ2) is 3.37. The Labute approximate surface area is 67.5 Å². The van der Waals surface area contributed by atoms with Crippen molar-refractivity contribution in [3.63, 3.8) is 0 Å². The van der Waals surface area contributed by atoms with E-state index in [-0.39, 0.29) is 0 Å². The van der Waals surface area contributed by atoms with Crippen LogP contribution < -0.4 is 5.32 Å². The van der Waals surface area contributed by atoms with Crippen LogP contribution in [0.3, 0.4) is 0 Å². The zero-order valence-electron chi connectivity index (χ0n) is 7.07. The molecule has 0 radical (unpaired) electrons. The Morgan fingerprint density at radius 3 is 2.91 bits per heavy atom. The van der Waals surface area contributed by atoms with Crippen LogP contribution in [0.1, 0.15) is 19.8 Å². The fourth-order valence-electron chi connectivity index (χ4n) is 1.26. The zero-order chi connectivity index (χ0) is 8.27. The third kappa shape index (κ3) is 1.70. The second-order valence-electron chi connectivity index (χ2n) is 2.75. The van der Waals surface area contributed by atoms with Gasteiger partial charge in [0.2, 0.25) is 0 Å². The van der Waals surface area contributed by atoms with Crippen LogP contribution in [-0.2, 0) is 0 Å². The third-order valence-corrected chi connectivity index (χ3v) is 1.88. The molecule has 0 spiro atoms. The fourth-order valence-corrected chi connectivity index (χ4v) is 1.26. The first-order chi connectivity index (χ1) is 5.25. The van der Waals surface area contributed by atoms with E-state index < -0.39 is 0 Å². The van der Waals surface area contributed by atoms with Gasteiger partial charge >= 0.3 is 0 Å². The molecule has 2 N–H and O–H groups in total. The van der Waals surface area contributed by atoms with E-state index >= 15 is 0 Å². The topological polar surface area (TPSA) is 35.9 Å². The Balaban J connectivity index is 2.89. The molecule has 1 rings (SSSR count). The number of rotatable bonds is 1. The van der Waals surface area contributed by atoms with Crippen LogP contribution >= 0.6 is 0 Å². The molecule has 60 valence electrons. The molecular formula is C9H14N2. The van der Waals surface area contributed by atoms with Gasteiger partial charge in [0.1, 0.15) is 0 Å². The zero-order valence-corrected chi connectivity index (χ0v) is 7.07. The van der Waals surface area contributed by atoms with Crippen molar-refractivity contribution in [3.8, 4) is 0 Å². The van der Waals surface area contributed by atoms with Crippen molar-refractivity contribution in [1.29, 1.82) is 5.41 Å². The summed E-state index contributed by atoms with van der Waals surface area (Å²) in [7, 11) is 1.86. The highest BCUT2D eigenvalue weighted by atomic mass is 14.8. The molecular weight excluding hydrogens is 136 g/mol. The van der Waals surface area contributed by atoms with Gasteiger partial charge in [0, 0.05) is 24.5 Å². The van der Waals surface area contributed by atoms with Crippen LogP contribution in [0.25, 0.3) is 0 Å². The van der Waals surface area contributed by atoms with Crippen molar-refractivity contribution >= 4 is 5.71 Å². The summed E-state index contributed by atoms with van der Waals surface area (Å²) >= 11 is 0. The van der Waals surface area contributed by atoms with E-state index in [0.717, 1.165) is 24.1 Å². The monoisotopic (exact) mass is 150 g/mol. The van der Waals surface area contributed by atoms with E-state index in [1.807, 2.05) is 13.2 Å². The highest BCUT2D eigenvalue weighted by molar-refractivity contribution is 6.02. The van der Waals surface area contributed by atoms with Crippen molar-refractivity contribution < 1.29 is 0 Å². The molecule has 0 heterocycles. The maximum absolute atomic E-state index is 7.63. The largest absolute Gasteiger partial charge is 0.393 e. The maximum atomic E-state index is 7.63. The van der Waals surface area contributed by atoms with Gasteiger partial charge in [-0.05, 0) is 25.3 Å². The number of hydrogen-bond acceptors (Lipinski definition) is 2. The summed E-state index contributed by atoms with van der Waals surface area (Å²) in [4.78, 5) is 0. The van der Waals surface area contributed by atoms with Gasteiger partial charge in [-0.1, -0.05) is 6.08 Å². The molecule has 1 aliphatic rings. The molecule has 1 aliphatic carbocycles. The van der Waals surface area contributed by atoms with Crippen LogP contribution in [0.15, 0.2) is 23.4 Å². The van der Waals surface area contributed by atoms with Gasteiger partial charge in [-0.25, -0.2) is 0 Å². The van der Waals surface area contributed by atoms with Crippen molar-refractivity contribution in [2.24, 2.45) is 0 Å². The fraction of sp³-hybridized carbons (Fsp3) is 0.444. The van der Waals surface area contributed by atoms with E-state index in [9.17, 15) is 0 Å². The Morgan fingerprint density at radius 2 is 2.36 bits per heavy atom. The molecule has 0 aromatic rings. The van der Waals surface area contributed by atoms with Gasteiger partial charge in [-0.2, -0.15) is 0 Å². The van der Waals surface area contributed by atoms with Gasteiger partial charge in [0.15, 0.2) is 0 Å². The lowest BCUT2D eigenvalue weighted by Crippen LogP contribution is -2.10. The number of allylic oxidation sites excluding steroid dienone is 3. The number of nitrogens with one attached hydrogen (secondary N) is 2. The SMILES string of the molecule is CN/C=C1\C(=N)CCC=C1C. The molecule has 2 heteroatoms. The molecule has 0 aromatic heterocycles. The summed E-state index contributed by atoms with van der Waals surface area (Å²) in [6, 6.07) is 0. The Bertz CT molecular complexity index is 224. The summed E-state index contributed by atoms with van der Waals surface area (Å²) in [5.74, 6) is 0. The second-order valence-corrected chi connectivity index (χ2v) is 2.75. The van der Waals surface area contributed by atoms with Crippen LogP contribution in [0.5, 0.6) is 0 Å². The average Bonchev–Trinajstić information content (AvgIpc) is 1.97. The molecule has 0 amide bonds. The van der Waals surface area contributed by atoms with E-state index in [2.05, 4.69) is 18.3 Å². The minimum Gasteiger partial charge on any atom is -0.393 e. The first-order valence-electron chi connectivity index (χ1n) is 3.88. The first-order valence-corrected chi connectivity index (χ1v) is 3.88. The maximum Gasteiger partial charge on any atom is 0.0406 e. The van der Waals surface area contributed by atoms with Crippen LogP contribution in [0.4, 0.5) is 0 Å². The van der Waals surface area contributed by atoms with Crippen molar-refractivity contribution in [1.82, 2.24) is 5.32 Å². The van der Waals surface area contributed by atoms with E-state index in [4.69, 9.17) is 5.41 Å². The van der Waals surface area contributed by atoms with Gasteiger partial charge < -0.3 is 10.7 Å². The highest BCUT2D eigenvalue weighted by Crippen LogP contribution is 2.19. The molecule has 0 unspecified atom stereocenters. The minimum absolute atomic E-state index is 0.749. The quantitative estimate of drug-likeness (QED) is 0.588. The van der Waals surface area contributed by atoms with Crippen LogP contribution in [0.2, 0.25) is 0 Å². The Morgan fingerprint density at radius 1 is 1.64 bits per heavy atom. The number of hydrogen-bond donors (Lipinski definition) is 2. The summed E-state index contributed by atoms with van der Waals surface area (Å²) in [5.41, 5.74) is 3.02. The van der Waals surface area contributed by atoms with Gasteiger partial charge in [0.25, 0.3) is 0 Å². The van der Waals surface area contributed by atoms with Crippen molar-refractivity contribution in [3.05, 3.63) is 23.4 Å². The van der Waals surface area contributed by atoms with Gasteiger partial charge in [-0.3, -0.25) is 0 Å². The average molecular weight is 150 g/mol. The molecule has 0 atom stereocenters. The van der Waals surface area contributed by atoms with Crippen molar-refractivity contribution in [2.75, 3.05) is 7.05 Å². The van der Waals surface area contributed by atoms with E-state index in [0.29, 0.717) is 0 Å². The van der Waals surface area contributed by atoms with Crippen LogP contribution in [0, 0.1) is 5.41 Å². The molecule has 0 aromatic carbocycles. The summed E-state index contributed by atoms with van der Waals surface area (Å²) < 4.78 is 0. The van der Waals surface area contributed by atoms with Gasteiger partial charge in [0.05, 0.1) is 0 Å². The molecule has 0 saturated heterocycles. The lowest BCUT2D eigenvalue weighted by Gasteiger charge is -2.14. The molecule has 0 aliphatic heterocycles. The predicted molar refractivity (Wildman–Crippen MR) is 47.9 cm³/mol. The Hall–Kier alpha value is -1.05. The van der Waals surface area contributed by atoms with Crippen molar-refractivity contribution in [2.45, 2.75) is 19.8 Å². The van der Waals surface area contributed by atoms with E-state index in [1.54, 1.807) is 0 Å². The minimum atomic E-state index is 0.749. The lowest BCUT2D eigenvalue weighted by atomic mass is 9.93. The molecule has 11 heavy (non-hydrogen) atoms. The lowest BCUT2D eigenvalue weighted by molar-refractivity contribution is 1.01. The summed E-state index contributed by atoms with van der Waals surface area (Å²) in [6.07, 6.45) is 5.98. The predicted octanol–water partition coefficient (Wildman–Crippen LogP) is 1.85. The normalized spacial score (nSPS) is 21.8. The van der Waals surface area contributed by atoms with E-state index in [1.165, 1.54) is 5.57 Å². The summed E-state index contributed by atoms with van der Waals surface area (Å²) in [5, 5.41) is 10.6. The third-order valence-electron chi connectivity index (χ3n) is 1.88. The highest BCUT2D eigenvalue weighted by Gasteiger charge is 2.10. The Kier molecular flexibility index (Phi) is 2.47. The first kappa shape index (κ1) is 8.05. The molecule has 0 saturated carbocycles. The summed E-state index contributed by atoms with van der Waals surface area (Å²) in [6.45, 7) is 2.05. The molecule has 0 bridgehead atoms. The molecule has 2 nitrogen and oxygen atoms in total. The van der Waals surface area contributed by atoms with Crippen LogP contribution in [-0.4, -0.2) is 12.8 Å².